The average Bonchev–Trinajstić information content (AvgIpc) is 2.69. The van der Waals surface area contributed by atoms with Crippen molar-refractivity contribution in [1.82, 2.24) is 9.97 Å². The number of nitrogens with zero attached hydrogens (tertiary/aromatic N) is 3. The second-order valence-electron chi connectivity index (χ2n) is 5.87. The number of aryl methyl sites for hydroxylation is 1. The summed E-state index contributed by atoms with van der Waals surface area (Å²) in [6, 6.07) is 2.79. The monoisotopic (exact) mass is 304 g/mol. The first-order chi connectivity index (χ1) is 10.2. The van der Waals surface area contributed by atoms with Crippen molar-refractivity contribution in [2.75, 3.05) is 23.3 Å². The van der Waals surface area contributed by atoms with Gasteiger partial charge in [0.15, 0.2) is 0 Å². The molecule has 3 rings (SSSR count). The summed E-state index contributed by atoms with van der Waals surface area (Å²) in [5.74, 6) is 1.88. The summed E-state index contributed by atoms with van der Waals surface area (Å²) in [6.07, 6.45) is 5.17. The van der Waals surface area contributed by atoms with Crippen molar-refractivity contribution in [2.24, 2.45) is 0 Å². The third-order valence-corrected chi connectivity index (χ3v) is 5.10. The number of aromatic nitrogens is 2. The van der Waals surface area contributed by atoms with E-state index < -0.39 is 0 Å². The Kier molecular flexibility index (Phi) is 4.29. The second-order valence-corrected chi connectivity index (χ2v) is 7.10. The van der Waals surface area contributed by atoms with Crippen LogP contribution in [-0.2, 0) is 0 Å². The van der Waals surface area contributed by atoms with Crippen LogP contribution in [0.3, 0.4) is 0 Å². The molecule has 1 aliphatic rings. The van der Waals surface area contributed by atoms with Gasteiger partial charge in [-0.15, -0.1) is 11.3 Å². The maximum absolute atomic E-state index is 4.83. The lowest BCUT2D eigenvalue weighted by Gasteiger charge is -2.29. The van der Waals surface area contributed by atoms with Gasteiger partial charge in [0.1, 0.15) is 10.6 Å². The predicted octanol–water partition coefficient (Wildman–Crippen LogP) is 4.20. The lowest BCUT2D eigenvalue weighted by molar-refractivity contribution is 0.612. The van der Waals surface area contributed by atoms with Gasteiger partial charge in [-0.25, -0.2) is 4.98 Å². The highest BCUT2D eigenvalue weighted by molar-refractivity contribution is 7.18. The molecule has 1 saturated heterocycles. The maximum atomic E-state index is 4.83. The van der Waals surface area contributed by atoms with E-state index in [0.29, 0.717) is 6.04 Å². The van der Waals surface area contributed by atoms with Crippen LogP contribution in [0.15, 0.2) is 6.07 Å². The molecule has 114 valence electrons. The van der Waals surface area contributed by atoms with E-state index in [0.717, 1.165) is 29.7 Å². The molecule has 1 aliphatic heterocycles. The fraction of sp³-hybridized carbons (Fsp3) is 0.625. The Morgan fingerprint density at radius 2 is 2.19 bits per heavy atom. The summed E-state index contributed by atoms with van der Waals surface area (Å²) in [4.78, 5) is 14.4. The van der Waals surface area contributed by atoms with E-state index in [-0.39, 0.29) is 0 Å². The average molecular weight is 304 g/mol. The van der Waals surface area contributed by atoms with Crippen LogP contribution in [0.1, 0.15) is 44.4 Å². The van der Waals surface area contributed by atoms with Crippen molar-refractivity contribution in [1.29, 1.82) is 0 Å². The fourth-order valence-electron chi connectivity index (χ4n) is 3.07. The molecule has 0 aliphatic carbocycles. The zero-order chi connectivity index (χ0) is 14.8. The summed E-state index contributed by atoms with van der Waals surface area (Å²) in [7, 11) is 0. The summed E-state index contributed by atoms with van der Waals surface area (Å²) in [5, 5.41) is 4.49. The zero-order valence-corrected chi connectivity index (χ0v) is 14.0. The van der Waals surface area contributed by atoms with Gasteiger partial charge in [0.2, 0.25) is 5.95 Å². The minimum absolute atomic E-state index is 0.556. The Bertz CT molecular complexity index is 622. The van der Waals surface area contributed by atoms with Crippen molar-refractivity contribution in [3.05, 3.63) is 10.9 Å². The van der Waals surface area contributed by atoms with Gasteiger partial charge in [0.05, 0.1) is 5.39 Å². The summed E-state index contributed by atoms with van der Waals surface area (Å²) in [6.45, 7) is 8.51. The van der Waals surface area contributed by atoms with Crippen LogP contribution < -0.4 is 10.2 Å². The molecular weight excluding hydrogens is 280 g/mol. The number of nitrogens with one attached hydrogen (secondary N) is 1. The van der Waals surface area contributed by atoms with Crippen LogP contribution in [0.4, 0.5) is 11.8 Å². The number of hydrogen-bond acceptors (Lipinski definition) is 5. The molecular formula is C16H24N4S. The Labute approximate surface area is 130 Å². The Balaban J connectivity index is 2.09. The molecule has 1 N–H and O–H groups in total. The SMILES string of the molecule is CCNc1nc(N2CCCCCC2C)c2cc(C)sc2n1. The van der Waals surface area contributed by atoms with Gasteiger partial charge in [-0.2, -0.15) is 4.98 Å². The van der Waals surface area contributed by atoms with E-state index in [2.05, 4.69) is 42.0 Å². The van der Waals surface area contributed by atoms with Crippen LogP contribution in [0.2, 0.25) is 0 Å². The molecule has 1 atom stereocenters. The van der Waals surface area contributed by atoms with Gasteiger partial charge < -0.3 is 10.2 Å². The summed E-state index contributed by atoms with van der Waals surface area (Å²) in [5.41, 5.74) is 0. The molecule has 0 aromatic carbocycles. The molecule has 1 unspecified atom stereocenters. The van der Waals surface area contributed by atoms with Gasteiger partial charge in [-0.1, -0.05) is 12.8 Å². The standard InChI is InChI=1S/C16H24N4S/c1-4-17-16-18-14(13-10-12(3)21-15(13)19-16)20-9-7-5-6-8-11(20)2/h10-11H,4-9H2,1-3H3,(H,17,18,19). The smallest absolute Gasteiger partial charge is 0.226 e. The molecule has 5 heteroatoms. The first-order valence-corrected chi connectivity index (χ1v) is 8.79. The molecule has 2 aromatic heterocycles. The topological polar surface area (TPSA) is 41.1 Å². The first kappa shape index (κ1) is 14.6. The first-order valence-electron chi connectivity index (χ1n) is 7.97. The molecule has 4 nitrogen and oxygen atoms in total. The van der Waals surface area contributed by atoms with Gasteiger partial charge in [-0.3, -0.25) is 0 Å². The highest BCUT2D eigenvalue weighted by Gasteiger charge is 2.22. The fourth-order valence-corrected chi connectivity index (χ4v) is 3.95. The maximum Gasteiger partial charge on any atom is 0.226 e. The lowest BCUT2D eigenvalue weighted by Crippen LogP contribution is -2.33. The minimum Gasteiger partial charge on any atom is -0.354 e. The van der Waals surface area contributed by atoms with Gasteiger partial charge >= 0.3 is 0 Å². The van der Waals surface area contributed by atoms with Gasteiger partial charge in [-0.05, 0) is 39.7 Å². The van der Waals surface area contributed by atoms with E-state index in [1.54, 1.807) is 11.3 Å². The number of hydrogen-bond donors (Lipinski definition) is 1. The molecule has 2 aromatic rings. The van der Waals surface area contributed by atoms with E-state index in [1.807, 2.05) is 0 Å². The van der Waals surface area contributed by atoms with Crippen molar-refractivity contribution in [2.45, 2.75) is 52.5 Å². The molecule has 0 bridgehead atoms. The van der Waals surface area contributed by atoms with Crippen LogP contribution in [0.25, 0.3) is 10.2 Å². The molecule has 1 fully saturated rings. The normalized spacial score (nSPS) is 19.8. The number of rotatable bonds is 3. The highest BCUT2D eigenvalue weighted by Crippen LogP contribution is 2.34. The number of thiophene rings is 1. The number of anilines is 2. The van der Waals surface area contributed by atoms with Crippen molar-refractivity contribution in [3.8, 4) is 0 Å². The minimum atomic E-state index is 0.556. The largest absolute Gasteiger partial charge is 0.354 e. The molecule has 0 spiro atoms. The van der Waals surface area contributed by atoms with Crippen molar-refractivity contribution < 1.29 is 0 Å². The van der Waals surface area contributed by atoms with E-state index in [1.165, 1.54) is 35.9 Å². The van der Waals surface area contributed by atoms with Crippen LogP contribution in [-0.4, -0.2) is 29.1 Å². The lowest BCUT2D eigenvalue weighted by atomic mass is 10.1. The summed E-state index contributed by atoms with van der Waals surface area (Å²) < 4.78 is 0. The zero-order valence-electron chi connectivity index (χ0n) is 13.1. The van der Waals surface area contributed by atoms with E-state index in [9.17, 15) is 0 Å². The Morgan fingerprint density at radius 3 is 3.00 bits per heavy atom. The van der Waals surface area contributed by atoms with Gasteiger partial charge in [0.25, 0.3) is 0 Å². The molecule has 0 radical (unpaired) electrons. The molecule has 21 heavy (non-hydrogen) atoms. The number of fused-ring (bicyclic) bond motifs is 1. The Morgan fingerprint density at radius 1 is 1.33 bits per heavy atom. The van der Waals surface area contributed by atoms with Gasteiger partial charge in [0, 0.05) is 24.0 Å². The van der Waals surface area contributed by atoms with E-state index in [4.69, 9.17) is 4.98 Å². The third-order valence-electron chi connectivity index (χ3n) is 4.16. The molecule has 3 heterocycles. The summed E-state index contributed by atoms with van der Waals surface area (Å²) >= 11 is 1.76. The van der Waals surface area contributed by atoms with Crippen molar-refractivity contribution >= 4 is 33.3 Å². The predicted molar refractivity (Wildman–Crippen MR) is 91.6 cm³/mol. The quantitative estimate of drug-likeness (QED) is 0.922. The van der Waals surface area contributed by atoms with Crippen LogP contribution in [0, 0.1) is 6.92 Å². The van der Waals surface area contributed by atoms with Crippen molar-refractivity contribution in [3.63, 3.8) is 0 Å². The Hall–Kier alpha value is -1.36. The van der Waals surface area contributed by atoms with Crippen LogP contribution in [0.5, 0.6) is 0 Å². The third kappa shape index (κ3) is 2.98. The highest BCUT2D eigenvalue weighted by atomic mass is 32.1. The van der Waals surface area contributed by atoms with Crippen LogP contribution >= 0.6 is 11.3 Å². The second kappa shape index (κ2) is 6.18. The molecule has 0 saturated carbocycles. The molecule has 0 amide bonds. The van der Waals surface area contributed by atoms with E-state index >= 15 is 0 Å².